The molecule has 0 radical (unpaired) electrons. The van der Waals surface area contributed by atoms with Gasteiger partial charge in [0.2, 0.25) is 0 Å². The number of likely N-dealkylation sites (tertiary alicyclic amines) is 1. The monoisotopic (exact) mass is 292 g/mol. The molecular formula is C17H32N4. The van der Waals surface area contributed by atoms with Crippen LogP contribution in [-0.4, -0.2) is 25.1 Å². The van der Waals surface area contributed by atoms with Gasteiger partial charge >= 0.3 is 0 Å². The molecule has 4 heteroatoms. The molecule has 3 atom stereocenters. The van der Waals surface area contributed by atoms with E-state index in [0.717, 1.165) is 12.0 Å². The molecule has 1 fully saturated rings. The Morgan fingerprint density at radius 3 is 2.43 bits per heavy atom. The van der Waals surface area contributed by atoms with Crippen molar-refractivity contribution in [2.75, 3.05) is 13.1 Å². The highest BCUT2D eigenvalue weighted by Gasteiger charge is 2.27. The summed E-state index contributed by atoms with van der Waals surface area (Å²) in [6.45, 7) is 10.0. The normalized spacial score (nSPS) is 24.2. The molecule has 0 amide bonds. The predicted octanol–water partition coefficient (Wildman–Crippen LogP) is 3.26. The quantitative estimate of drug-likeness (QED) is 0.437. The van der Waals surface area contributed by atoms with Crippen LogP contribution in [0.15, 0.2) is 4.99 Å². The summed E-state index contributed by atoms with van der Waals surface area (Å²) in [5.41, 5.74) is 0. The number of aliphatic imine (C=N–C) groups is 1. The number of nitrogens with zero attached hydrogens (tertiary/aromatic N) is 3. The van der Waals surface area contributed by atoms with Crippen LogP contribution in [0, 0.1) is 17.4 Å². The van der Waals surface area contributed by atoms with Gasteiger partial charge in [0.1, 0.15) is 0 Å². The highest BCUT2D eigenvalue weighted by molar-refractivity contribution is 5.46. The van der Waals surface area contributed by atoms with Crippen LogP contribution in [0.4, 0.5) is 0 Å². The molecule has 1 heterocycles. The Balaban J connectivity index is 0.000000690. The molecule has 0 saturated carbocycles. The van der Waals surface area contributed by atoms with Crippen molar-refractivity contribution in [3.05, 3.63) is 5.41 Å². The summed E-state index contributed by atoms with van der Waals surface area (Å²) < 4.78 is 0. The van der Waals surface area contributed by atoms with Crippen molar-refractivity contribution in [2.24, 2.45) is 10.9 Å². The second-order valence-corrected chi connectivity index (χ2v) is 6.15. The Bertz CT molecular complexity index is 328. The molecule has 1 aliphatic rings. The third-order valence-corrected chi connectivity index (χ3v) is 4.61. The van der Waals surface area contributed by atoms with Crippen LogP contribution in [0.5, 0.6) is 0 Å². The molecule has 1 aliphatic heterocycles. The maximum Gasteiger partial charge on any atom is 0.0925 e. The molecule has 4 nitrogen and oxygen atoms in total. The van der Waals surface area contributed by atoms with Crippen LogP contribution >= 0.6 is 0 Å². The molecule has 1 N–H and O–H groups in total. The van der Waals surface area contributed by atoms with Gasteiger partial charge in [0.05, 0.1) is 25.3 Å². The van der Waals surface area contributed by atoms with Crippen LogP contribution < -0.4 is 4.90 Å². The average molecular weight is 292 g/mol. The van der Waals surface area contributed by atoms with E-state index in [-0.39, 0.29) is 0 Å². The largest absolute Gasteiger partial charge is 0.422 e. The smallest absolute Gasteiger partial charge is 0.0925 e. The van der Waals surface area contributed by atoms with Crippen LogP contribution in [0.3, 0.4) is 0 Å². The lowest BCUT2D eigenvalue weighted by atomic mass is 9.92. The summed E-state index contributed by atoms with van der Waals surface area (Å²) in [5.74, 6) is 0.948. The fraction of sp³-hybridized carbons (Fsp3) is 0.882. The summed E-state index contributed by atoms with van der Waals surface area (Å²) >= 11 is 0. The zero-order valence-corrected chi connectivity index (χ0v) is 14.1. The van der Waals surface area contributed by atoms with Gasteiger partial charge in [-0.05, 0) is 32.6 Å². The SMILES string of the molecule is CCCCCCCC[NH+]1CCCC(C)C1C.N#CN=C=[N-]. The van der Waals surface area contributed by atoms with Gasteiger partial charge in [0.25, 0.3) is 0 Å². The summed E-state index contributed by atoms with van der Waals surface area (Å²) in [4.78, 5) is 4.47. The van der Waals surface area contributed by atoms with Crippen LogP contribution in [0.2, 0.25) is 0 Å². The highest BCUT2D eigenvalue weighted by atomic mass is 15.2. The van der Waals surface area contributed by atoms with E-state index in [1.54, 1.807) is 0 Å². The zero-order chi connectivity index (χ0) is 15.9. The Labute approximate surface area is 130 Å². The number of hydrogen-bond donors (Lipinski definition) is 1. The lowest BCUT2D eigenvalue weighted by Crippen LogP contribution is -3.17. The molecule has 1 saturated heterocycles. The fourth-order valence-electron chi connectivity index (χ4n) is 3.04. The van der Waals surface area contributed by atoms with Crippen molar-refractivity contribution < 1.29 is 4.90 Å². The average Bonchev–Trinajstić information content (AvgIpc) is 2.48. The van der Waals surface area contributed by atoms with Crippen molar-refractivity contribution in [3.8, 4) is 6.19 Å². The number of nitrogens with one attached hydrogen (secondary N) is 1. The third-order valence-electron chi connectivity index (χ3n) is 4.61. The van der Waals surface area contributed by atoms with Crippen LogP contribution in [0.1, 0.15) is 72.1 Å². The topological polar surface area (TPSA) is 62.9 Å². The number of unbranched alkanes of at least 4 members (excludes halogenated alkanes) is 5. The fourth-order valence-corrected chi connectivity index (χ4v) is 3.04. The van der Waals surface area contributed by atoms with Gasteiger partial charge in [0.15, 0.2) is 0 Å². The van der Waals surface area contributed by atoms with E-state index in [0.29, 0.717) is 0 Å². The van der Waals surface area contributed by atoms with E-state index < -0.39 is 0 Å². The molecular weight excluding hydrogens is 260 g/mol. The van der Waals surface area contributed by atoms with E-state index in [4.69, 9.17) is 10.7 Å². The van der Waals surface area contributed by atoms with E-state index in [2.05, 4.69) is 25.8 Å². The van der Waals surface area contributed by atoms with Gasteiger partial charge in [-0.1, -0.05) is 39.5 Å². The van der Waals surface area contributed by atoms with Crippen molar-refractivity contribution >= 4 is 6.01 Å². The predicted molar refractivity (Wildman–Crippen MR) is 88.3 cm³/mol. The van der Waals surface area contributed by atoms with Crippen molar-refractivity contribution in [3.63, 3.8) is 0 Å². The van der Waals surface area contributed by atoms with Gasteiger partial charge < -0.3 is 15.3 Å². The lowest BCUT2D eigenvalue weighted by molar-refractivity contribution is -0.932. The first-order valence-corrected chi connectivity index (χ1v) is 8.49. The van der Waals surface area contributed by atoms with Crippen molar-refractivity contribution in [1.29, 1.82) is 5.26 Å². The number of rotatable bonds is 7. The second-order valence-electron chi connectivity index (χ2n) is 6.15. The van der Waals surface area contributed by atoms with E-state index in [1.807, 2.05) is 4.90 Å². The molecule has 0 aromatic carbocycles. The van der Waals surface area contributed by atoms with Crippen molar-refractivity contribution in [1.82, 2.24) is 0 Å². The molecule has 0 aliphatic carbocycles. The van der Waals surface area contributed by atoms with Gasteiger partial charge in [0, 0.05) is 5.92 Å². The molecule has 120 valence electrons. The van der Waals surface area contributed by atoms with E-state index >= 15 is 0 Å². The van der Waals surface area contributed by atoms with Gasteiger partial charge in [-0.15, -0.1) is 6.01 Å². The summed E-state index contributed by atoms with van der Waals surface area (Å²) in [5, 5.41) is 14.9. The maximum absolute atomic E-state index is 7.43. The molecule has 0 bridgehead atoms. The lowest BCUT2D eigenvalue weighted by Gasteiger charge is -2.34. The highest BCUT2D eigenvalue weighted by Crippen LogP contribution is 2.12. The molecule has 21 heavy (non-hydrogen) atoms. The maximum atomic E-state index is 7.43. The number of nitriles is 1. The Morgan fingerprint density at radius 1 is 1.19 bits per heavy atom. The Kier molecular flexibility index (Phi) is 13.0. The second kappa shape index (κ2) is 13.8. The summed E-state index contributed by atoms with van der Waals surface area (Å²) in [6.07, 6.45) is 12.8. The summed E-state index contributed by atoms with van der Waals surface area (Å²) in [6, 6.07) is 2.19. The zero-order valence-electron chi connectivity index (χ0n) is 14.1. The first-order chi connectivity index (χ1) is 10.2. The minimum atomic E-state index is 0.907. The Morgan fingerprint density at radius 2 is 1.86 bits per heavy atom. The van der Waals surface area contributed by atoms with Gasteiger partial charge in [-0.25, -0.2) is 0 Å². The first-order valence-electron chi connectivity index (χ1n) is 8.49. The standard InChI is InChI=1S/C15H31N.C2N3/c1-4-5-6-7-8-9-12-16-13-10-11-14(2)15(16)3;3-1-5-2-4/h14-15H,4-13H2,1-3H3;/q;-1/p+1. The molecule has 0 aromatic heterocycles. The van der Waals surface area contributed by atoms with Crippen LogP contribution in [0.25, 0.3) is 5.41 Å². The number of quaternary nitrogens is 1. The molecule has 1 rings (SSSR count). The molecule has 0 spiro atoms. The molecule has 3 unspecified atom stereocenters. The van der Waals surface area contributed by atoms with E-state index in [1.165, 1.54) is 76.7 Å². The Hall–Kier alpha value is -1.17. The third kappa shape index (κ3) is 10.2. The van der Waals surface area contributed by atoms with Gasteiger partial charge in [-0.2, -0.15) is 5.26 Å². The van der Waals surface area contributed by atoms with Crippen LogP contribution in [-0.2, 0) is 0 Å². The first kappa shape index (κ1) is 19.8. The summed E-state index contributed by atoms with van der Waals surface area (Å²) in [7, 11) is 0. The van der Waals surface area contributed by atoms with E-state index in [9.17, 15) is 0 Å². The molecule has 0 aromatic rings. The van der Waals surface area contributed by atoms with Crippen molar-refractivity contribution in [2.45, 2.75) is 78.2 Å². The minimum Gasteiger partial charge on any atom is -0.422 e. The number of piperidine rings is 1. The number of hydrogen-bond acceptors (Lipinski definition) is 2. The van der Waals surface area contributed by atoms with Gasteiger partial charge in [-0.3, -0.25) is 0 Å². The minimum absolute atomic E-state index is 0.907.